The van der Waals surface area contributed by atoms with E-state index in [1.54, 1.807) is 0 Å². The molecule has 1 heteroatoms. The second-order valence-corrected chi connectivity index (χ2v) is 4.77. The predicted molar refractivity (Wildman–Crippen MR) is 73.0 cm³/mol. The highest BCUT2D eigenvalue weighted by atomic mass is 14.9. The molecule has 1 N–H and O–H groups in total. The van der Waals surface area contributed by atoms with Gasteiger partial charge in [0.05, 0.1) is 0 Å². The van der Waals surface area contributed by atoms with E-state index in [0.29, 0.717) is 12.0 Å². The van der Waals surface area contributed by atoms with Crippen LogP contribution in [0, 0.1) is 12.3 Å². The fourth-order valence-electron chi connectivity index (χ4n) is 2.96. The van der Waals surface area contributed by atoms with Crippen molar-refractivity contribution >= 4 is 0 Å². The molecule has 1 aliphatic rings. The predicted octanol–water partition coefficient (Wildman–Crippen LogP) is 3.11. The van der Waals surface area contributed by atoms with Gasteiger partial charge in [0.15, 0.2) is 0 Å². The maximum atomic E-state index is 5.50. The van der Waals surface area contributed by atoms with Gasteiger partial charge < -0.3 is 5.32 Å². The van der Waals surface area contributed by atoms with Crippen LogP contribution in [-0.4, -0.2) is 12.6 Å². The van der Waals surface area contributed by atoms with Crippen molar-refractivity contribution in [2.45, 2.75) is 44.6 Å². The minimum Gasteiger partial charge on any atom is -0.313 e. The summed E-state index contributed by atoms with van der Waals surface area (Å²) >= 11 is 0. The van der Waals surface area contributed by atoms with Crippen molar-refractivity contribution in [1.82, 2.24) is 5.32 Å². The first kappa shape index (κ1) is 12.2. The molecule has 1 aromatic rings. The Kier molecular flexibility index (Phi) is 4.23. The summed E-state index contributed by atoms with van der Waals surface area (Å²) in [5, 5.41) is 3.55. The van der Waals surface area contributed by atoms with Gasteiger partial charge in [0, 0.05) is 18.4 Å². The van der Waals surface area contributed by atoms with E-state index in [9.17, 15) is 0 Å². The molecule has 0 amide bonds. The lowest BCUT2D eigenvalue weighted by Gasteiger charge is -2.32. The largest absolute Gasteiger partial charge is 0.313 e. The Hall–Kier alpha value is -1.26. The highest BCUT2D eigenvalue weighted by Gasteiger charge is 2.26. The number of fused-ring (bicyclic) bond motifs is 1. The molecule has 0 saturated heterocycles. The van der Waals surface area contributed by atoms with Gasteiger partial charge in [-0.2, -0.15) is 0 Å². The highest BCUT2D eigenvalue weighted by molar-refractivity contribution is 5.34. The molecule has 1 aliphatic carbocycles. The third kappa shape index (κ3) is 2.70. The summed E-state index contributed by atoms with van der Waals surface area (Å²) in [5.74, 6) is 3.41. The first-order chi connectivity index (χ1) is 8.36. The van der Waals surface area contributed by atoms with Crippen LogP contribution in [0.5, 0.6) is 0 Å². The zero-order valence-electron chi connectivity index (χ0n) is 10.6. The van der Waals surface area contributed by atoms with Gasteiger partial charge >= 0.3 is 0 Å². The molecule has 0 aliphatic heterocycles. The number of hydrogen-bond donors (Lipinski definition) is 1. The molecule has 2 unspecified atom stereocenters. The number of terminal acetylenes is 1. The Labute approximate surface area is 105 Å². The quantitative estimate of drug-likeness (QED) is 0.779. The fourth-order valence-corrected chi connectivity index (χ4v) is 2.96. The molecule has 2 atom stereocenters. The second kappa shape index (κ2) is 5.89. The van der Waals surface area contributed by atoms with Crippen molar-refractivity contribution in [3.05, 3.63) is 35.4 Å². The smallest absolute Gasteiger partial charge is 0.0246 e. The molecule has 0 bridgehead atoms. The topological polar surface area (TPSA) is 12.0 Å². The van der Waals surface area contributed by atoms with Crippen LogP contribution < -0.4 is 5.32 Å². The van der Waals surface area contributed by atoms with E-state index in [4.69, 9.17) is 6.42 Å². The van der Waals surface area contributed by atoms with E-state index in [0.717, 1.165) is 13.0 Å². The minimum atomic E-state index is 0.437. The van der Waals surface area contributed by atoms with Crippen molar-refractivity contribution in [2.24, 2.45) is 0 Å². The SMILES string of the molecule is C#CCC(NCC)C1CCCc2ccccc21. The van der Waals surface area contributed by atoms with E-state index < -0.39 is 0 Å². The third-order valence-electron chi connectivity index (χ3n) is 3.71. The third-order valence-corrected chi connectivity index (χ3v) is 3.71. The van der Waals surface area contributed by atoms with Crippen molar-refractivity contribution in [1.29, 1.82) is 0 Å². The second-order valence-electron chi connectivity index (χ2n) is 4.77. The average Bonchev–Trinajstić information content (AvgIpc) is 2.38. The molecule has 1 aromatic carbocycles. The lowest BCUT2D eigenvalue weighted by Crippen LogP contribution is -2.36. The summed E-state index contributed by atoms with van der Waals surface area (Å²) in [6.45, 7) is 3.14. The van der Waals surface area contributed by atoms with Gasteiger partial charge in [0.25, 0.3) is 0 Å². The van der Waals surface area contributed by atoms with E-state index in [1.165, 1.54) is 30.4 Å². The van der Waals surface area contributed by atoms with Gasteiger partial charge in [-0.3, -0.25) is 0 Å². The van der Waals surface area contributed by atoms with Crippen LogP contribution in [0.25, 0.3) is 0 Å². The molecule has 0 heterocycles. The van der Waals surface area contributed by atoms with E-state index in [2.05, 4.69) is 42.4 Å². The van der Waals surface area contributed by atoms with E-state index >= 15 is 0 Å². The summed E-state index contributed by atoms with van der Waals surface area (Å²) in [6.07, 6.45) is 10.1. The van der Waals surface area contributed by atoms with Crippen LogP contribution in [0.2, 0.25) is 0 Å². The highest BCUT2D eigenvalue weighted by Crippen LogP contribution is 2.34. The number of benzene rings is 1. The minimum absolute atomic E-state index is 0.437. The van der Waals surface area contributed by atoms with Crippen LogP contribution in [0.4, 0.5) is 0 Å². The summed E-state index contributed by atoms with van der Waals surface area (Å²) in [7, 11) is 0. The number of nitrogens with one attached hydrogen (secondary N) is 1. The van der Waals surface area contributed by atoms with Gasteiger partial charge in [0.2, 0.25) is 0 Å². The van der Waals surface area contributed by atoms with E-state index in [1.807, 2.05) is 0 Å². The fraction of sp³-hybridized carbons (Fsp3) is 0.500. The summed E-state index contributed by atoms with van der Waals surface area (Å²) in [4.78, 5) is 0. The maximum Gasteiger partial charge on any atom is 0.0246 e. The Bertz CT molecular complexity index is 402. The molecule has 0 aromatic heterocycles. The van der Waals surface area contributed by atoms with Crippen LogP contribution >= 0.6 is 0 Å². The summed E-state index contributed by atoms with van der Waals surface area (Å²) < 4.78 is 0. The lowest BCUT2D eigenvalue weighted by atomic mass is 9.78. The maximum absolute atomic E-state index is 5.50. The lowest BCUT2D eigenvalue weighted by molar-refractivity contribution is 0.403. The number of hydrogen-bond acceptors (Lipinski definition) is 1. The van der Waals surface area contributed by atoms with Gasteiger partial charge in [0.1, 0.15) is 0 Å². The molecule has 1 nitrogen and oxygen atoms in total. The zero-order chi connectivity index (χ0) is 12.1. The molecule has 90 valence electrons. The van der Waals surface area contributed by atoms with Crippen LogP contribution in [0.15, 0.2) is 24.3 Å². The van der Waals surface area contributed by atoms with Crippen LogP contribution in [0.3, 0.4) is 0 Å². The van der Waals surface area contributed by atoms with Crippen molar-refractivity contribution < 1.29 is 0 Å². The number of rotatable bonds is 4. The van der Waals surface area contributed by atoms with Crippen LogP contribution in [0.1, 0.15) is 43.2 Å². The van der Waals surface area contributed by atoms with Crippen molar-refractivity contribution in [3.8, 4) is 12.3 Å². The Morgan fingerprint density at radius 2 is 2.29 bits per heavy atom. The zero-order valence-corrected chi connectivity index (χ0v) is 10.6. The first-order valence-corrected chi connectivity index (χ1v) is 6.61. The number of aryl methyl sites for hydroxylation is 1. The van der Waals surface area contributed by atoms with Gasteiger partial charge in [-0.25, -0.2) is 0 Å². The summed E-state index contributed by atoms with van der Waals surface area (Å²) in [6, 6.07) is 9.27. The molecule has 0 fully saturated rings. The van der Waals surface area contributed by atoms with Crippen molar-refractivity contribution in [3.63, 3.8) is 0 Å². The van der Waals surface area contributed by atoms with E-state index in [-0.39, 0.29) is 0 Å². The Morgan fingerprint density at radius 3 is 3.06 bits per heavy atom. The molecular formula is C16H21N. The molecular weight excluding hydrogens is 206 g/mol. The van der Waals surface area contributed by atoms with Gasteiger partial charge in [-0.1, -0.05) is 31.2 Å². The standard InChI is InChI=1S/C16H21N/c1-3-8-16(17-4-2)15-12-7-10-13-9-5-6-11-14(13)15/h1,5-6,9,11,15-17H,4,7-8,10,12H2,2H3. The molecule has 17 heavy (non-hydrogen) atoms. The average molecular weight is 227 g/mol. The van der Waals surface area contributed by atoms with Crippen LogP contribution in [-0.2, 0) is 6.42 Å². The molecule has 0 saturated carbocycles. The Morgan fingerprint density at radius 1 is 1.47 bits per heavy atom. The monoisotopic (exact) mass is 227 g/mol. The molecule has 2 rings (SSSR count). The first-order valence-electron chi connectivity index (χ1n) is 6.61. The molecule has 0 spiro atoms. The van der Waals surface area contributed by atoms with Gasteiger partial charge in [-0.15, -0.1) is 12.3 Å². The summed E-state index contributed by atoms with van der Waals surface area (Å²) in [5.41, 5.74) is 3.03. The van der Waals surface area contributed by atoms with Gasteiger partial charge in [-0.05, 0) is 36.9 Å². The normalized spacial score (nSPS) is 20.4. The number of likely N-dealkylation sites (N-methyl/N-ethyl adjacent to an activating group) is 1. The Balaban J connectivity index is 2.24. The molecule has 0 radical (unpaired) electrons. The van der Waals surface area contributed by atoms with Crippen molar-refractivity contribution in [2.75, 3.05) is 6.54 Å².